The maximum atomic E-state index is 12.7. The molecule has 0 aliphatic heterocycles. The van der Waals surface area contributed by atoms with Crippen LogP contribution in [0.4, 0.5) is 0 Å². The summed E-state index contributed by atoms with van der Waals surface area (Å²) >= 11 is 0. The molecule has 9 aromatic rings. The van der Waals surface area contributed by atoms with Crippen molar-refractivity contribution in [2.24, 2.45) is 0 Å². The van der Waals surface area contributed by atoms with Gasteiger partial charge in [-0.25, -0.2) is 4.98 Å². The molecule has 0 saturated carbocycles. The quantitative estimate of drug-likeness (QED) is 0.165. The van der Waals surface area contributed by atoms with Crippen LogP contribution in [0.25, 0.3) is 83.9 Å². The molecule has 1 N–H and O–H groups in total. The lowest BCUT2D eigenvalue weighted by atomic mass is 9.79. The van der Waals surface area contributed by atoms with Gasteiger partial charge in [-0.1, -0.05) is 185 Å². The normalized spacial score (nSPS) is 12.7. The van der Waals surface area contributed by atoms with Gasteiger partial charge in [-0.15, -0.1) is 0 Å². The molecule has 0 amide bonds. The number of benzene rings is 7. The van der Waals surface area contributed by atoms with Crippen LogP contribution in [0.2, 0.25) is 0 Å². The van der Waals surface area contributed by atoms with Crippen molar-refractivity contribution in [3.8, 4) is 78.6 Å². The largest absolute Gasteiger partial charge is 0.507 e. The number of hydrogen-bond acceptors (Lipinski definition) is 3. The molecule has 9 rings (SSSR count). The Morgan fingerprint density at radius 2 is 1.13 bits per heavy atom. The van der Waals surface area contributed by atoms with Crippen LogP contribution in [-0.4, -0.2) is 19.6 Å². The Morgan fingerprint density at radius 1 is 0.515 bits per heavy atom. The Balaban J connectivity index is 1.35. The third kappa shape index (κ3) is 8.93. The van der Waals surface area contributed by atoms with Crippen molar-refractivity contribution >= 4 is 11.0 Å². The fourth-order valence-corrected chi connectivity index (χ4v) is 9.35. The molecule has 0 aliphatic rings. The number of rotatable bonds is 8. The predicted octanol–water partition coefficient (Wildman–Crippen LogP) is 17.5. The third-order valence-electron chi connectivity index (χ3n) is 13.4. The summed E-state index contributed by atoms with van der Waals surface area (Å²) in [5.41, 5.74) is 18.5. The van der Waals surface area contributed by atoms with Gasteiger partial charge in [0, 0.05) is 29.8 Å². The summed E-state index contributed by atoms with van der Waals surface area (Å²) in [4.78, 5) is 10.7. The van der Waals surface area contributed by atoms with Gasteiger partial charge in [0.25, 0.3) is 0 Å². The van der Waals surface area contributed by atoms with Crippen LogP contribution in [0.3, 0.4) is 0 Å². The van der Waals surface area contributed by atoms with Crippen molar-refractivity contribution < 1.29 is 6.48 Å². The van der Waals surface area contributed by atoms with Crippen molar-refractivity contribution in [1.29, 1.82) is 0 Å². The molecule has 68 heavy (non-hydrogen) atoms. The second kappa shape index (κ2) is 17.6. The van der Waals surface area contributed by atoms with E-state index in [2.05, 4.69) is 232 Å². The Kier molecular flexibility index (Phi) is 11.6. The molecule has 0 aliphatic carbocycles. The molecule has 0 radical (unpaired) electrons. The molecular formula is C64H65N3O. The number of hydrogen-bond donors (Lipinski definition) is 1. The van der Waals surface area contributed by atoms with Crippen molar-refractivity contribution in [3.63, 3.8) is 0 Å². The van der Waals surface area contributed by atoms with E-state index in [9.17, 15) is 5.11 Å². The predicted molar refractivity (Wildman–Crippen MR) is 288 cm³/mol. The first-order chi connectivity index (χ1) is 32.6. The van der Waals surface area contributed by atoms with Crippen LogP contribution in [0.5, 0.6) is 5.75 Å². The Bertz CT molecular complexity index is 3350. The third-order valence-corrected chi connectivity index (χ3v) is 13.4. The first kappa shape index (κ1) is 44.8. The summed E-state index contributed by atoms with van der Waals surface area (Å²) in [5.74, 6) is 0.242. The molecular weight excluding hydrogens is 827 g/mol. The number of nitrogens with zero attached hydrogens (tertiary/aromatic N) is 3. The molecule has 4 nitrogen and oxygen atoms in total. The maximum Gasteiger partial charge on any atom is 0.149 e. The highest BCUT2D eigenvalue weighted by molar-refractivity contribution is 5.98. The Labute approximate surface area is 405 Å². The molecule has 4 heteroatoms. The Morgan fingerprint density at radius 3 is 1.75 bits per heavy atom. The van der Waals surface area contributed by atoms with Crippen molar-refractivity contribution in [2.45, 2.75) is 105 Å². The van der Waals surface area contributed by atoms with Gasteiger partial charge in [0.1, 0.15) is 11.6 Å². The lowest BCUT2D eigenvalue weighted by molar-refractivity contribution is 0.446. The van der Waals surface area contributed by atoms with Crippen LogP contribution in [-0.2, 0) is 16.2 Å². The monoisotopic (exact) mass is 893 g/mol. The summed E-state index contributed by atoms with van der Waals surface area (Å²) in [6, 6.07) is 56.1. The van der Waals surface area contributed by atoms with Gasteiger partial charge in [0.2, 0.25) is 0 Å². The second-order valence-corrected chi connectivity index (χ2v) is 21.8. The molecule has 0 unspecified atom stereocenters. The molecule has 0 spiro atoms. The zero-order valence-electron chi connectivity index (χ0n) is 42.9. The van der Waals surface area contributed by atoms with Gasteiger partial charge >= 0.3 is 0 Å². The van der Waals surface area contributed by atoms with E-state index in [4.69, 9.17) is 11.3 Å². The smallest absolute Gasteiger partial charge is 0.149 e. The van der Waals surface area contributed by atoms with Crippen LogP contribution in [0.15, 0.2) is 164 Å². The fourth-order valence-electron chi connectivity index (χ4n) is 9.35. The molecule has 7 aromatic carbocycles. The average Bonchev–Trinajstić information content (AvgIpc) is 3.70. The zero-order chi connectivity index (χ0) is 49.2. The van der Waals surface area contributed by atoms with Crippen molar-refractivity contribution in [3.05, 3.63) is 192 Å². The molecule has 0 fully saturated rings. The summed E-state index contributed by atoms with van der Waals surface area (Å²) in [6.07, 6.45) is 1.89. The minimum Gasteiger partial charge on any atom is -0.507 e. The van der Waals surface area contributed by atoms with Crippen molar-refractivity contribution in [2.75, 3.05) is 0 Å². The lowest BCUT2D eigenvalue weighted by Crippen LogP contribution is -2.17. The van der Waals surface area contributed by atoms with E-state index in [-0.39, 0.29) is 22.0 Å². The molecule has 0 atom stereocenters. The highest BCUT2D eigenvalue weighted by Crippen LogP contribution is 2.47. The number of pyridine rings is 1. The summed E-state index contributed by atoms with van der Waals surface area (Å²) in [6.45, 7) is 26.0. The van der Waals surface area contributed by atoms with Crippen LogP contribution < -0.4 is 0 Å². The first-order valence-electron chi connectivity index (χ1n) is 24.5. The molecule has 2 aromatic heterocycles. The standard InChI is InChI=1S/C64H65N3O/c1-40(2)42-26-28-43(29-27-42)46-30-31-65-56(36-46)48-33-47(34-49(35-48)62(4,5)6)51-24-19-25-57-59(51)66-61(54-37-50(63(7,8)9)38-55(60(54)68)64(10,11)12)67(57)58-39-52(44-20-15-13-16-21-44)41(3)32-53(58)45-22-17-14-18-23-45/h13-40,68H,1-12H3/i40D. The van der Waals surface area contributed by atoms with Crippen LogP contribution in [0.1, 0.15) is 111 Å². The summed E-state index contributed by atoms with van der Waals surface area (Å²) in [5, 5.41) is 12.7. The van der Waals surface area contributed by atoms with Gasteiger partial charge in [0.15, 0.2) is 0 Å². The number of aromatic hydroxyl groups is 1. The van der Waals surface area contributed by atoms with Gasteiger partial charge in [-0.05, 0) is 133 Å². The fraction of sp³-hybridized carbons (Fsp3) is 0.250. The van der Waals surface area contributed by atoms with E-state index in [1.807, 2.05) is 20.0 Å². The van der Waals surface area contributed by atoms with Gasteiger partial charge in [0.05, 0.1) is 28.0 Å². The highest BCUT2D eigenvalue weighted by Gasteiger charge is 2.30. The lowest BCUT2D eigenvalue weighted by Gasteiger charge is -2.28. The second-order valence-electron chi connectivity index (χ2n) is 21.8. The number of para-hydroxylation sites is 1. The Hall–Kier alpha value is -7.04. The minimum atomic E-state index is -0.674. The van der Waals surface area contributed by atoms with E-state index in [1.54, 1.807) is 0 Å². The van der Waals surface area contributed by atoms with E-state index < -0.39 is 5.89 Å². The molecule has 0 saturated heterocycles. The van der Waals surface area contributed by atoms with Crippen LogP contribution in [0, 0.1) is 6.92 Å². The van der Waals surface area contributed by atoms with Crippen molar-refractivity contribution in [1.82, 2.24) is 14.5 Å². The highest BCUT2D eigenvalue weighted by atomic mass is 16.3. The average molecular weight is 893 g/mol. The van der Waals surface area contributed by atoms with E-state index in [1.165, 1.54) is 11.1 Å². The maximum absolute atomic E-state index is 12.7. The number of phenolic OH excluding ortho intramolecular Hbond substituents is 1. The number of fused-ring (bicyclic) bond motifs is 1. The number of aryl methyl sites for hydroxylation is 1. The number of imidazole rings is 1. The SMILES string of the molecule is [2H]C(C)(C)c1ccc(-c2ccnc(-c3cc(-c4cccc5c4nc(-c4cc(C(C)(C)C)cc(C(C)(C)C)c4O)n5-c4cc(-c5ccccc5)c(C)cc4-c4ccccc4)cc(C(C)(C)C)c3)c2)cc1. The molecule has 0 bridgehead atoms. The van der Waals surface area contributed by atoms with Gasteiger partial charge < -0.3 is 5.11 Å². The van der Waals surface area contributed by atoms with E-state index in [0.29, 0.717) is 11.4 Å². The summed E-state index contributed by atoms with van der Waals surface area (Å²) in [7, 11) is 0. The topological polar surface area (TPSA) is 50.9 Å². The molecule has 2 heterocycles. The molecule has 342 valence electrons. The summed E-state index contributed by atoms with van der Waals surface area (Å²) < 4.78 is 10.8. The number of aromatic nitrogens is 3. The van der Waals surface area contributed by atoms with Gasteiger partial charge in [-0.2, -0.15) is 0 Å². The zero-order valence-corrected chi connectivity index (χ0v) is 41.9. The first-order valence-corrected chi connectivity index (χ1v) is 24.0. The van der Waals surface area contributed by atoms with E-state index in [0.717, 1.165) is 89.2 Å². The number of phenols is 1. The minimum absolute atomic E-state index is 0.178. The van der Waals surface area contributed by atoms with Gasteiger partial charge in [-0.3, -0.25) is 9.55 Å². The van der Waals surface area contributed by atoms with E-state index >= 15 is 0 Å². The van der Waals surface area contributed by atoms with Crippen LogP contribution >= 0.6 is 0 Å².